The van der Waals surface area contributed by atoms with Crippen LogP contribution in [0.1, 0.15) is 22.3 Å². The molecule has 0 atom stereocenters. The fraction of sp³-hybridized carbons (Fsp3) is 0.0800. The van der Waals surface area contributed by atoms with E-state index < -0.39 is 11.8 Å². The topological polar surface area (TPSA) is 76.0 Å². The van der Waals surface area contributed by atoms with Gasteiger partial charge in [-0.05, 0) is 30.2 Å². The van der Waals surface area contributed by atoms with E-state index in [-0.39, 0.29) is 18.7 Å². The summed E-state index contributed by atoms with van der Waals surface area (Å²) in [5.74, 6) is -1.27. The predicted octanol–water partition coefficient (Wildman–Crippen LogP) is 4.07. The number of hydrogen-bond acceptors (Lipinski definition) is 3. The van der Waals surface area contributed by atoms with E-state index in [0.29, 0.717) is 16.8 Å². The van der Waals surface area contributed by atoms with Crippen molar-refractivity contribution in [2.45, 2.75) is 12.8 Å². The third-order valence-electron chi connectivity index (χ3n) is 4.92. The fourth-order valence-electron chi connectivity index (χ4n) is 3.27. The first-order valence-electron chi connectivity index (χ1n) is 10.1. The molecule has 160 valence electrons. The molecule has 0 unspecified atom stereocenters. The Balaban J connectivity index is 1.48. The largest absolute Gasteiger partial charge is 0.273 e. The Kier molecular flexibility index (Phi) is 6.36. The number of hydrazine groups is 1. The second kappa shape index (κ2) is 9.70. The molecule has 0 saturated heterocycles. The lowest BCUT2D eigenvalue weighted by Gasteiger charge is -2.08. The molecule has 1 heterocycles. The second-order valence-corrected chi connectivity index (χ2v) is 7.13. The Morgan fingerprint density at radius 3 is 2.22 bits per heavy atom. The van der Waals surface area contributed by atoms with E-state index in [1.54, 1.807) is 29.1 Å². The molecule has 0 saturated carbocycles. The number of nitrogens with one attached hydrogen (secondary N) is 2. The molecule has 0 radical (unpaired) electrons. The SMILES string of the molecule is O=C(CCc1ccccc1F)NNC(=O)c1cn(-c2ccccc2)nc1-c1ccccc1. The highest BCUT2D eigenvalue weighted by molar-refractivity contribution is 6.00. The van der Waals surface area contributed by atoms with Crippen LogP contribution < -0.4 is 10.9 Å². The Labute approximate surface area is 184 Å². The van der Waals surface area contributed by atoms with Gasteiger partial charge in [-0.3, -0.25) is 20.4 Å². The Hall–Kier alpha value is -4.26. The predicted molar refractivity (Wildman–Crippen MR) is 119 cm³/mol. The quantitative estimate of drug-likeness (QED) is 0.455. The number of aromatic nitrogens is 2. The fourth-order valence-corrected chi connectivity index (χ4v) is 3.27. The van der Waals surface area contributed by atoms with Gasteiger partial charge in [0.15, 0.2) is 0 Å². The molecule has 2 amide bonds. The summed E-state index contributed by atoms with van der Waals surface area (Å²) in [4.78, 5) is 25.1. The molecule has 3 aromatic carbocycles. The summed E-state index contributed by atoms with van der Waals surface area (Å²) < 4.78 is 15.3. The standard InChI is InChI=1S/C25H21FN4O2/c26-22-14-8-7-9-18(22)15-16-23(31)27-28-25(32)21-17-30(20-12-5-2-6-13-20)29-24(21)19-10-3-1-4-11-19/h1-14,17H,15-16H2,(H,27,31)(H,28,32). The van der Waals surface area contributed by atoms with E-state index in [1.165, 1.54) is 6.07 Å². The normalized spacial score (nSPS) is 10.5. The van der Waals surface area contributed by atoms with Gasteiger partial charge in [0, 0.05) is 18.2 Å². The number of amides is 2. The number of nitrogens with zero attached hydrogens (tertiary/aromatic N) is 2. The summed E-state index contributed by atoms with van der Waals surface area (Å²) in [5.41, 5.74) is 7.67. The van der Waals surface area contributed by atoms with Crippen LogP contribution in [0.3, 0.4) is 0 Å². The van der Waals surface area contributed by atoms with Crippen molar-refractivity contribution in [1.82, 2.24) is 20.6 Å². The van der Waals surface area contributed by atoms with Crippen molar-refractivity contribution in [2.24, 2.45) is 0 Å². The van der Waals surface area contributed by atoms with Gasteiger partial charge in [0.25, 0.3) is 5.91 Å². The average molecular weight is 428 g/mol. The van der Waals surface area contributed by atoms with E-state index >= 15 is 0 Å². The van der Waals surface area contributed by atoms with Crippen LogP contribution in [-0.4, -0.2) is 21.6 Å². The number of benzene rings is 3. The van der Waals surface area contributed by atoms with Gasteiger partial charge in [0.05, 0.1) is 11.3 Å². The summed E-state index contributed by atoms with van der Waals surface area (Å²) in [7, 11) is 0. The van der Waals surface area contributed by atoms with Crippen LogP contribution in [-0.2, 0) is 11.2 Å². The number of aryl methyl sites for hydroxylation is 1. The molecule has 32 heavy (non-hydrogen) atoms. The molecule has 0 spiro atoms. The molecule has 7 heteroatoms. The zero-order valence-corrected chi connectivity index (χ0v) is 17.2. The maximum Gasteiger partial charge on any atom is 0.273 e. The summed E-state index contributed by atoms with van der Waals surface area (Å²) in [6.07, 6.45) is 1.89. The molecule has 0 aliphatic heterocycles. The molecule has 0 aliphatic rings. The van der Waals surface area contributed by atoms with Crippen LogP contribution >= 0.6 is 0 Å². The van der Waals surface area contributed by atoms with Crippen molar-refractivity contribution >= 4 is 11.8 Å². The summed E-state index contributed by atoms with van der Waals surface area (Å²) in [6.45, 7) is 0. The molecule has 6 nitrogen and oxygen atoms in total. The minimum Gasteiger partial charge on any atom is -0.273 e. The van der Waals surface area contributed by atoms with Crippen LogP contribution in [0.5, 0.6) is 0 Å². The lowest BCUT2D eigenvalue weighted by atomic mass is 10.1. The van der Waals surface area contributed by atoms with Crippen LogP contribution in [0.25, 0.3) is 16.9 Å². The molecule has 0 fully saturated rings. The van der Waals surface area contributed by atoms with Gasteiger partial charge in [-0.15, -0.1) is 0 Å². The van der Waals surface area contributed by atoms with Gasteiger partial charge in [-0.2, -0.15) is 5.10 Å². The molecule has 2 N–H and O–H groups in total. The van der Waals surface area contributed by atoms with Gasteiger partial charge >= 0.3 is 0 Å². The van der Waals surface area contributed by atoms with Crippen molar-refractivity contribution in [2.75, 3.05) is 0 Å². The number of hydrogen-bond donors (Lipinski definition) is 2. The van der Waals surface area contributed by atoms with Gasteiger partial charge in [0.2, 0.25) is 5.91 Å². The highest BCUT2D eigenvalue weighted by atomic mass is 19.1. The Morgan fingerprint density at radius 1 is 0.844 bits per heavy atom. The van der Waals surface area contributed by atoms with Crippen LogP contribution in [0.4, 0.5) is 4.39 Å². The van der Waals surface area contributed by atoms with Crippen molar-refractivity contribution in [1.29, 1.82) is 0 Å². The van der Waals surface area contributed by atoms with Crippen LogP contribution in [0.15, 0.2) is 91.1 Å². The third-order valence-corrected chi connectivity index (χ3v) is 4.92. The smallest absolute Gasteiger partial charge is 0.273 e. The second-order valence-electron chi connectivity index (χ2n) is 7.13. The maximum atomic E-state index is 13.7. The van der Waals surface area contributed by atoms with Crippen LogP contribution in [0.2, 0.25) is 0 Å². The van der Waals surface area contributed by atoms with E-state index in [9.17, 15) is 14.0 Å². The minimum absolute atomic E-state index is 0.0377. The summed E-state index contributed by atoms with van der Waals surface area (Å²) >= 11 is 0. The Morgan fingerprint density at radius 2 is 1.50 bits per heavy atom. The minimum atomic E-state index is -0.495. The van der Waals surface area contributed by atoms with Gasteiger partial charge < -0.3 is 0 Å². The monoisotopic (exact) mass is 428 g/mol. The van der Waals surface area contributed by atoms with E-state index in [0.717, 1.165) is 11.3 Å². The van der Waals surface area contributed by atoms with Crippen molar-refractivity contribution in [3.05, 3.63) is 108 Å². The third kappa shape index (κ3) is 4.89. The highest BCUT2D eigenvalue weighted by Crippen LogP contribution is 2.23. The van der Waals surface area contributed by atoms with E-state index in [1.807, 2.05) is 60.7 Å². The van der Waals surface area contributed by atoms with Gasteiger partial charge in [-0.25, -0.2) is 9.07 Å². The number of halogens is 1. The molecule has 0 bridgehead atoms. The van der Waals surface area contributed by atoms with Crippen molar-refractivity contribution in [3.8, 4) is 16.9 Å². The summed E-state index contributed by atoms with van der Waals surface area (Å²) in [6, 6.07) is 25.1. The van der Waals surface area contributed by atoms with Crippen LogP contribution in [0, 0.1) is 5.82 Å². The average Bonchev–Trinajstić information content (AvgIpc) is 3.29. The van der Waals surface area contributed by atoms with Crippen molar-refractivity contribution in [3.63, 3.8) is 0 Å². The lowest BCUT2D eigenvalue weighted by Crippen LogP contribution is -2.41. The molecule has 4 aromatic rings. The first kappa shape index (κ1) is 21.0. The first-order chi connectivity index (χ1) is 15.6. The molecular formula is C25H21FN4O2. The van der Waals surface area contributed by atoms with E-state index in [4.69, 9.17) is 0 Å². The molecule has 4 rings (SSSR count). The highest BCUT2D eigenvalue weighted by Gasteiger charge is 2.19. The molecule has 0 aliphatic carbocycles. The van der Waals surface area contributed by atoms with Gasteiger partial charge in [0.1, 0.15) is 11.5 Å². The lowest BCUT2D eigenvalue weighted by molar-refractivity contribution is -0.121. The Bertz CT molecular complexity index is 1220. The number of carbonyl (C=O) groups excluding carboxylic acids is 2. The number of rotatable bonds is 6. The van der Waals surface area contributed by atoms with Crippen molar-refractivity contribution < 1.29 is 14.0 Å². The maximum absolute atomic E-state index is 13.7. The number of carbonyl (C=O) groups is 2. The zero-order valence-electron chi connectivity index (χ0n) is 17.2. The molecular weight excluding hydrogens is 407 g/mol. The molecule has 1 aromatic heterocycles. The zero-order chi connectivity index (χ0) is 22.3. The van der Waals surface area contributed by atoms with E-state index in [2.05, 4.69) is 16.0 Å². The first-order valence-corrected chi connectivity index (χ1v) is 10.1. The van der Waals surface area contributed by atoms with Gasteiger partial charge in [-0.1, -0.05) is 66.7 Å². The number of para-hydroxylation sites is 1. The summed E-state index contributed by atoms with van der Waals surface area (Å²) in [5, 5.41) is 4.59.